The fourth-order valence-electron chi connectivity index (χ4n) is 8.37. The Balaban J connectivity index is 2.31. The molecule has 7 heteroatoms. The molecule has 34 heavy (non-hydrogen) atoms. The number of piperidine rings is 3. The Morgan fingerprint density at radius 3 is 0.706 bits per heavy atom. The molecule has 200 valence electrons. The minimum atomic E-state index is -0.350. The molecule has 3 aliphatic heterocycles. The smallest absolute Gasteiger partial charge is 0.0576 e. The lowest BCUT2D eigenvalue weighted by Gasteiger charge is -2.71. The van der Waals surface area contributed by atoms with Crippen molar-refractivity contribution in [2.24, 2.45) is 0 Å². The maximum absolute atomic E-state index is 10.8. The van der Waals surface area contributed by atoms with Gasteiger partial charge in [0.05, 0.1) is 18.3 Å². The molecule has 3 N–H and O–H groups in total. The highest BCUT2D eigenvalue weighted by Gasteiger charge is 2.61. The third kappa shape index (κ3) is 4.96. The summed E-state index contributed by atoms with van der Waals surface area (Å²) in [5.41, 5.74) is -1.88. The molecule has 3 aliphatic rings. The first kappa shape index (κ1) is 28.3. The Morgan fingerprint density at radius 2 is 0.559 bits per heavy atom. The van der Waals surface area contributed by atoms with Gasteiger partial charge in [0, 0.05) is 33.2 Å². The van der Waals surface area contributed by atoms with Crippen molar-refractivity contribution < 1.29 is 15.3 Å². The van der Waals surface area contributed by atoms with Gasteiger partial charge in [-0.1, -0.05) is 0 Å². The highest BCUT2D eigenvalue weighted by atomic mass is 16.3. The van der Waals surface area contributed by atoms with Crippen molar-refractivity contribution >= 4 is 0 Å². The van der Waals surface area contributed by atoms with Gasteiger partial charge in [-0.05, 0) is 122 Å². The van der Waals surface area contributed by atoms with E-state index >= 15 is 0 Å². The zero-order valence-electron chi connectivity index (χ0n) is 24.1. The van der Waals surface area contributed by atoms with E-state index in [0.29, 0.717) is 38.5 Å². The van der Waals surface area contributed by atoms with Gasteiger partial charge in [0.25, 0.3) is 0 Å². The minimum Gasteiger partial charge on any atom is -0.393 e. The van der Waals surface area contributed by atoms with Crippen LogP contribution in [0.25, 0.3) is 0 Å². The lowest BCUT2D eigenvalue weighted by atomic mass is 9.77. The molecule has 3 saturated heterocycles. The number of aliphatic hydroxyl groups is 3. The molecular weight excluding hydrogens is 428 g/mol. The number of hydrazine groups is 3. The summed E-state index contributed by atoms with van der Waals surface area (Å²) in [5, 5.41) is 42.5. The summed E-state index contributed by atoms with van der Waals surface area (Å²) in [6.07, 6.45) is 3.04. The lowest BCUT2D eigenvalue weighted by molar-refractivity contribution is -0.450. The van der Waals surface area contributed by atoms with E-state index in [0.717, 1.165) is 0 Å². The van der Waals surface area contributed by atoms with Crippen molar-refractivity contribution in [2.45, 2.75) is 173 Å². The van der Waals surface area contributed by atoms with Crippen LogP contribution in [0.1, 0.15) is 122 Å². The number of nitrogens with zero attached hydrogens (tertiary/aromatic N) is 4. The molecule has 0 spiro atoms. The molecule has 0 atom stereocenters. The summed E-state index contributed by atoms with van der Waals surface area (Å²) in [5.74, 6) is 0. The van der Waals surface area contributed by atoms with Crippen LogP contribution < -0.4 is 0 Å². The van der Waals surface area contributed by atoms with Crippen molar-refractivity contribution in [1.82, 2.24) is 20.3 Å². The van der Waals surface area contributed by atoms with Crippen LogP contribution in [0.3, 0.4) is 0 Å². The lowest BCUT2D eigenvalue weighted by Crippen LogP contribution is -2.84. The largest absolute Gasteiger partial charge is 0.393 e. The topological polar surface area (TPSA) is 73.7 Å². The average molecular weight is 483 g/mol. The van der Waals surface area contributed by atoms with E-state index < -0.39 is 0 Å². The van der Waals surface area contributed by atoms with Crippen LogP contribution in [-0.4, -0.2) is 87.1 Å². The molecule has 0 aromatic carbocycles. The number of hydrogen-bond acceptors (Lipinski definition) is 7. The van der Waals surface area contributed by atoms with Gasteiger partial charge in [0.2, 0.25) is 0 Å². The molecule has 3 heterocycles. The first-order chi connectivity index (χ1) is 15.0. The highest BCUT2D eigenvalue weighted by Crippen LogP contribution is 2.51. The Morgan fingerprint density at radius 1 is 0.412 bits per heavy atom. The van der Waals surface area contributed by atoms with Gasteiger partial charge < -0.3 is 15.3 Å². The molecule has 0 aliphatic carbocycles. The number of aliphatic hydroxyl groups excluding tert-OH is 3. The van der Waals surface area contributed by atoms with Gasteiger partial charge in [-0.15, -0.1) is 5.23 Å². The van der Waals surface area contributed by atoms with Gasteiger partial charge in [0.15, 0.2) is 0 Å². The summed E-state index contributed by atoms with van der Waals surface area (Å²) < 4.78 is 0. The van der Waals surface area contributed by atoms with E-state index in [-0.39, 0.29) is 51.5 Å². The minimum absolute atomic E-state index is 0.314. The van der Waals surface area contributed by atoms with E-state index in [2.05, 4.69) is 103 Å². The van der Waals surface area contributed by atoms with E-state index in [4.69, 9.17) is 0 Å². The maximum atomic E-state index is 10.8. The first-order valence-corrected chi connectivity index (χ1v) is 13.3. The quantitative estimate of drug-likeness (QED) is 0.560. The standard InChI is InChI=1S/C27H54N4O3/c1-22(2)13-19(32)14-23(3,4)28(22)31(29-24(5,6)15-20(33)16-25(29,7)8)30-26(9,10)17-21(34)18-27(30,11)12/h19-21,32-34H,13-18H2,1-12H3. The monoisotopic (exact) mass is 482 g/mol. The Labute approximate surface area is 209 Å². The van der Waals surface area contributed by atoms with Crippen molar-refractivity contribution in [3.63, 3.8) is 0 Å². The second-order valence-electron chi connectivity index (χ2n) is 15.3. The third-order valence-corrected chi connectivity index (χ3v) is 8.39. The molecule has 0 radical (unpaired) electrons. The van der Waals surface area contributed by atoms with E-state index in [1.165, 1.54) is 0 Å². The molecular formula is C27H54N4O3. The van der Waals surface area contributed by atoms with Crippen LogP contribution in [0.15, 0.2) is 0 Å². The molecule has 3 fully saturated rings. The predicted octanol–water partition coefficient (Wildman–Crippen LogP) is 4.08. The molecule has 0 aromatic rings. The van der Waals surface area contributed by atoms with Gasteiger partial charge >= 0.3 is 0 Å². The van der Waals surface area contributed by atoms with Crippen LogP contribution >= 0.6 is 0 Å². The van der Waals surface area contributed by atoms with E-state index in [1.54, 1.807) is 0 Å². The fourth-order valence-corrected chi connectivity index (χ4v) is 8.37. The van der Waals surface area contributed by atoms with Crippen LogP contribution in [0.5, 0.6) is 0 Å². The molecule has 7 nitrogen and oxygen atoms in total. The zero-order valence-corrected chi connectivity index (χ0v) is 24.1. The summed E-state index contributed by atoms with van der Waals surface area (Å²) in [6, 6.07) is 0. The SMILES string of the molecule is CC1(C)CC(O)CC(C)(C)N1N(N1C(C)(C)CC(O)CC1(C)C)N1C(C)(C)CC(O)CC1(C)C. The second kappa shape index (κ2) is 8.37. The van der Waals surface area contributed by atoms with Crippen molar-refractivity contribution in [3.8, 4) is 0 Å². The molecule has 3 rings (SSSR count). The van der Waals surface area contributed by atoms with Crippen molar-refractivity contribution in [2.75, 3.05) is 0 Å². The summed E-state index contributed by atoms with van der Waals surface area (Å²) in [4.78, 5) is 0. The molecule has 0 amide bonds. The Hall–Kier alpha value is -0.280. The molecule has 0 bridgehead atoms. The van der Waals surface area contributed by atoms with Gasteiger partial charge in [-0.25, -0.2) is 15.0 Å². The predicted molar refractivity (Wildman–Crippen MR) is 138 cm³/mol. The molecule has 0 aromatic heterocycles. The third-order valence-electron chi connectivity index (χ3n) is 8.39. The summed E-state index contributed by atoms with van der Waals surface area (Å²) in [7, 11) is 0. The fraction of sp³-hybridized carbons (Fsp3) is 1.00. The van der Waals surface area contributed by atoms with Crippen molar-refractivity contribution in [3.05, 3.63) is 0 Å². The van der Waals surface area contributed by atoms with E-state index in [9.17, 15) is 15.3 Å². The van der Waals surface area contributed by atoms with Crippen LogP contribution in [0, 0.1) is 0 Å². The Kier molecular flexibility index (Phi) is 6.96. The van der Waals surface area contributed by atoms with Gasteiger partial charge in [-0.2, -0.15) is 0 Å². The molecule has 0 unspecified atom stereocenters. The Bertz CT molecular complexity index is 607. The van der Waals surface area contributed by atoms with Crippen LogP contribution in [-0.2, 0) is 0 Å². The first-order valence-electron chi connectivity index (χ1n) is 13.3. The maximum Gasteiger partial charge on any atom is 0.0576 e. The number of rotatable bonds is 3. The summed E-state index contributed by atoms with van der Waals surface area (Å²) >= 11 is 0. The van der Waals surface area contributed by atoms with Crippen LogP contribution in [0.4, 0.5) is 0 Å². The number of hydrogen-bond donors (Lipinski definition) is 3. The normalized spacial score (nSPS) is 32.8. The summed E-state index contributed by atoms with van der Waals surface area (Å²) in [6.45, 7) is 26.9. The van der Waals surface area contributed by atoms with Crippen LogP contribution in [0.2, 0.25) is 0 Å². The van der Waals surface area contributed by atoms with Crippen molar-refractivity contribution in [1.29, 1.82) is 0 Å². The zero-order chi connectivity index (χ0) is 26.3. The highest BCUT2D eigenvalue weighted by molar-refractivity contribution is 5.06. The molecule has 0 saturated carbocycles. The second-order valence-corrected chi connectivity index (χ2v) is 15.3. The van der Waals surface area contributed by atoms with Gasteiger partial charge in [0.1, 0.15) is 0 Å². The van der Waals surface area contributed by atoms with Gasteiger partial charge in [-0.3, -0.25) is 0 Å². The van der Waals surface area contributed by atoms with E-state index in [1.807, 2.05) is 0 Å². The average Bonchev–Trinajstić information content (AvgIpc) is 2.44.